The van der Waals surface area contributed by atoms with Crippen LogP contribution in [0.25, 0.3) is 0 Å². The van der Waals surface area contributed by atoms with E-state index in [1.54, 1.807) is 0 Å². The minimum Gasteiger partial charge on any atom is -0.621 e. The van der Waals surface area contributed by atoms with Gasteiger partial charge in [-0.1, -0.05) is 0 Å². The highest BCUT2D eigenvalue weighted by Crippen LogP contribution is 1.70. The average molecular weight is 112 g/mol. The van der Waals surface area contributed by atoms with Crippen molar-refractivity contribution >= 4 is 12.1 Å². The highest BCUT2D eigenvalue weighted by molar-refractivity contribution is 6.22. The molecule has 0 bridgehead atoms. The molecule has 1 unspecified atom stereocenters. The average Bonchev–Trinajstić information content (AvgIpc) is 1.77. The van der Waals surface area contributed by atoms with Gasteiger partial charge >= 0.3 is 5.91 Å². The molecule has 0 aromatic carbocycles. The molecule has 4 nitrogen and oxygen atoms in total. The standard InChI is InChI=1S/C4H4N2O2/c7-4-3-5-1-2-6(4)8/h1-3,6H. The van der Waals surface area contributed by atoms with E-state index in [4.69, 9.17) is 0 Å². The van der Waals surface area contributed by atoms with Gasteiger partial charge in [0.25, 0.3) is 0 Å². The van der Waals surface area contributed by atoms with E-state index in [1.807, 2.05) is 0 Å². The molecule has 1 aliphatic heterocycles. The summed E-state index contributed by atoms with van der Waals surface area (Å²) in [5.41, 5.74) is 0. The van der Waals surface area contributed by atoms with Crippen LogP contribution in [0.4, 0.5) is 0 Å². The lowest BCUT2D eigenvalue weighted by atomic mass is 10.6. The maximum absolute atomic E-state index is 10.3. The van der Waals surface area contributed by atoms with Gasteiger partial charge in [0.1, 0.15) is 12.4 Å². The van der Waals surface area contributed by atoms with Gasteiger partial charge in [0.2, 0.25) is 0 Å². The van der Waals surface area contributed by atoms with Gasteiger partial charge in [-0.25, -0.2) is 9.79 Å². The summed E-state index contributed by atoms with van der Waals surface area (Å²) in [6, 6.07) is 0. The number of rotatable bonds is 0. The number of amides is 1. The second kappa shape index (κ2) is 1.85. The van der Waals surface area contributed by atoms with Gasteiger partial charge in [-0.3, -0.25) is 5.06 Å². The Balaban J connectivity index is 2.74. The Bertz CT molecular complexity index is 161. The van der Waals surface area contributed by atoms with Crippen LogP contribution in [0, 0.1) is 5.21 Å². The Morgan fingerprint density at radius 1 is 1.75 bits per heavy atom. The first-order chi connectivity index (χ1) is 3.80. The molecule has 0 radical (unpaired) electrons. The summed E-state index contributed by atoms with van der Waals surface area (Å²) in [5, 5.41) is 9.77. The number of hydrogen-bond donors (Lipinski definition) is 1. The molecule has 1 amide bonds. The molecule has 0 aromatic heterocycles. The summed E-state index contributed by atoms with van der Waals surface area (Å²) in [7, 11) is 0. The molecule has 0 saturated heterocycles. The van der Waals surface area contributed by atoms with E-state index < -0.39 is 11.0 Å². The predicted molar refractivity (Wildman–Crippen MR) is 27.0 cm³/mol. The maximum atomic E-state index is 10.3. The molecule has 1 rings (SSSR count). The summed E-state index contributed by atoms with van der Waals surface area (Å²) in [6.45, 7) is 0. The number of aliphatic imine (C=N–C) groups is 1. The van der Waals surface area contributed by atoms with Crippen molar-refractivity contribution in [2.45, 2.75) is 0 Å². The normalized spacial score (nSPS) is 26.6. The zero-order chi connectivity index (χ0) is 5.98. The molecular formula is C4H4N2O2. The number of hydrogen-bond acceptors (Lipinski definition) is 3. The topological polar surface area (TPSA) is 56.9 Å². The Morgan fingerprint density at radius 3 is 2.88 bits per heavy atom. The first-order valence-corrected chi connectivity index (χ1v) is 2.09. The number of nitrogens with zero attached hydrogens (tertiary/aromatic N) is 1. The van der Waals surface area contributed by atoms with Gasteiger partial charge in [0, 0.05) is 0 Å². The molecule has 0 fully saturated rings. The van der Waals surface area contributed by atoms with Crippen molar-refractivity contribution in [3.8, 4) is 0 Å². The molecule has 1 atom stereocenters. The molecule has 0 spiro atoms. The van der Waals surface area contributed by atoms with Crippen LogP contribution < -0.4 is 5.06 Å². The summed E-state index contributed by atoms with van der Waals surface area (Å²) >= 11 is 0. The monoisotopic (exact) mass is 112 g/mol. The van der Waals surface area contributed by atoms with Crippen LogP contribution in [0.15, 0.2) is 17.4 Å². The van der Waals surface area contributed by atoms with Crippen LogP contribution in [0.2, 0.25) is 0 Å². The lowest BCUT2D eigenvalue weighted by Crippen LogP contribution is -3.06. The van der Waals surface area contributed by atoms with Gasteiger partial charge in [-0.15, -0.1) is 0 Å². The second-order valence-corrected chi connectivity index (χ2v) is 1.32. The third kappa shape index (κ3) is 0.800. The van der Waals surface area contributed by atoms with E-state index in [2.05, 4.69) is 4.99 Å². The first-order valence-electron chi connectivity index (χ1n) is 2.09. The number of carbonyl (C=O) groups is 1. The summed E-state index contributed by atoms with van der Waals surface area (Å²) in [6.07, 6.45) is 3.44. The van der Waals surface area contributed by atoms with Crippen molar-refractivity contribution in [2.75, 3.05) is 0 Å². The molecule has 4 heteroatoms. The number of nitrogens with one attached hydrogen (secondary N) is 1. The second-order valence-electron chi connectivity index (χ2n) is 1.32. The Labute approximate surface area is 45.7 Å². The van der Waals surface area contributed by atoms with Gasteiger partial charge < -0.3 is 5.21 Å². The molecule has 0 aromatic rings. The van der Waals surface area contributed by atoms with Crippen molar-refractivity contribution < 1.29 is 9.86 Å². The summed E-state index contributed by atoms with van der Waals surface area (Å²) in [4.78, 5) is 13.7. The SMILES string of the molecule is O=C1C=NC=C[NH+]1[O-]. The van der Waals surface area contributed by atoms with Crippen molar-refractivity contribution in [3.05, 3.63) is 17.6 Å². The molecule has 1 aliphatic rings. The zero-order valence-electron chi connectivity index (χ0n) is 4.00. The van der Waals surface area contributed by atoms with Gasteiger partial charge in [-0.2, -0.15) is 0 Å². The quantitative estimate of drug-likeness (QED) is 0.386. The Hall–Kier alpha value is -1.00. The number of carbonyl (C=O) groups excluding carboxylic acids is 1. The summed E-state index contributed by atoms with van der Waals surface area (Å²) < 4.78 is 0. The lowest BCUT2D eigenvalue weighted by molar-refractivity contribution is -0.699. The molecule has 0 aliphatic carbocycles. The van der Waals surface area contributed by atoms with E-state index >= 15 is 0 Å². The van der Waals surface area contributed by atoms with E-state index in [0.717, 1.165) is 12.4 Å². The minimum atomic E-state index is -0.549. The minimum absolute atomic E-state index is 0.500. The Morgan fingerprint density at radius 2 is 2.50 bits per heavy atom. The van der Waals surface area contributed by atoms with Gasteiger partial charge in [-0.05, 0) is 0 Å². The fraction of sp³-hybridized carbons (Fsp3) is 0. The lowest BCUT2D eigenvalue weighted by Gasteiger charge is -2.11. The van der Waals surface area contributed by atoms with E-state index in [-0.39, 0.29) is 0 Å². The van der Waals surface area contributed by atoms with Gasteiger partial charge in [0.15, 0.2) is 0 Å². The van der Waals surface area contributed by atoms with Gasteiger partial charge in [0.05, 0.1) is 6.20 Å². The number of hydroxylamine groups is 2. The summed E-state index contributed by atoms with van der Waals surface area (Å²) in [5.74, 6) is -0.549. The molecular weight excluding hydrogens is 108 g/mol. The third-order valence-corrected chi connectivity index (χ3v) is 0.747. The van der Waals surface area contributed by atoms with Crippen LogP contribution in [-0.2, 0) is 4.79 Å². The first kappa shape index (κ1) is 5.14. The molecule has 8 heavy (non-hydrogen) atoms. The number of quaternary nitrogens is 1. The fourth-order valence-electron chi connectivity index (χ4n) is 0.367. The highest BCUT2D eigenvalue weighted by Gasteiger charge is 2.05. The predicted octanol–water partition coefficient (Wildman–Crippen LogP) is -1.55. The zero-order valence-corrected chi connectivity index (χ0v) is 4.00. The Kier molecular flexibility index (Phi) is 1.19. The molecule has 42 valence electrons. The molecule has 1 N–H and O–H groups in total. The highest BCUT2D eigenvalue weighted by atomic mass is 16.5. The maximum Gasteiger partial charge on any atom is 0.359 e. The van der Waals surface area contributed by atoms with E-state index in [9.17, 15) is 10.0 Å². The van der Waals surface area contributed by atoms with Crippen LogP contribution in [-0.4, -0.2) is 12.1 Å². The largest absolute Gasteiger partial charge is 0.621 e. The van der Waals surface area contributed by atoms with Crippen molar-refractivity contribution in [3.63, 3.8) is 0 Å². The van der Waals surface area contributed by atoms with E-state index in [1.165, 1.54) is 6.20 Å². The third-order valence-electron chi connectivity index (χ3n) is 0.747. The van der Waals surface area contributed by atoms with Crippen LogP contribution in [0.5, 0.6) is 0 Å². The van der Waals surface area contributed by atoms with Crippen LogP contribution in [0.3, 0.4) is 0 Å². The van der Waals surface area contributed by atoms with Crippen LogP contribution in [0.1, 0.15) is 0 Å². The van der Waals surface area contributed by atoms with Crippen molar-refractivity contribution in [2.24, 2.45) is 4.99 Å². The van der Waals surface area contributed by atoms with E-state index in [0.29, 0.717) is 0 Å². The van der Waals surface area contributed by atoms with Crippen molar-refractivity contribution in [1.29, 1.82) is 0 Å². The molecule has 0 saturated carbocycles. The van der Waals surface area contributed by atoms with Crippen LogP contribution >= 0.6 is 0 Å². The fourth-order valence-corrected chi connectivity index (χ4v) is 0.367. The molecule has 1 heterocycles. The van der Waals surface area contributed by atoms with Crippen molar-refractivity contribution in [1.82, 2.24) is 0 Å². The smallest absolute Gasteiger partial charge is 0.359 e.